The fourth-order valence-electron chi connectivity index (χ4n) is 3.32. The minimum Gasteiger partial charge on any atom is -0.491 e. The SMILES string of the molecule is C=C(C)C(=O)O.C=C(C)C(=O)O.C=C(C)C(=O)OCC(O)COc1ccc(C(C)(C)c2ccc(OCC(O)COC(=O)C(=C)C)cc2)cc1.CCOC(N)=O. The molecule has 0 saturated carbocycles. The predicted molar refractivity (Wildman–Crippen MR) is 206 cm³/mol. The predicted octanol–water partition coefficient (Wildman–Crippen LogP) is 5.13. The van der Waals surface area contributed by atoms with Crippen LogP contribution in [0.4, 0.5) is 4.79 Å². The van der Waals surface area contributed by atoms with Crippen LogP contribution >= 0.6 is 0 Å². The van der Waals surface area contributed by atoms with E-state index in [0.29, 0.717) is 18.1 Å². The number of hydrogen-bond donors (Lipinski definition) is 5. The van der Waals surface area contributed by atoms with Crippen LogP contribution in [-0.4, -0.2) is 95.6 Å². The number of esters is 2. The molecule has 55 heavy (non-hydrogen) atoms. The summed E-state index contributed by atoms with van der Waals surface area (Å²) in [4.78, 5) is 51.6. The Labute approximate surface area is 322 Å². The third-order valence-corrected chi connectivity index (χ3v) is 6.56. The molecule has 2 aromatic rings. The van der Waals surface area contributed by atoms with Crippen LogP contribution in [0.3, 0.4) is 0 Å². The fourth-order valence-corrected chi connectivity index (χ4v) is 3.32. The number of aliphatic hydroxyl groups excluding tert-OH is 2. The third-order valence-electron chi connectivity index (χ3n) is 6.56. The van der Waals surface area contributed by atoms with Crippen LogP contribution in [0.5, 0.6) is 11.5 Å². The first-order valence-electron chi connectivity index (χ1n) is 16.6. The van der Waals surface area contributed by atoms with Gasteiger partial charge < -0.3 is 49.8 Å². The monoisotopic (exact) mass is 773 g/mol. The molecule has 2 rings (SSSR count). The van der Waals surface area contributed by atoms with Gasteiger partial charge >= 0.3 is 30.0 Å². The number of rotatable bonds is 17. The summed E-state index contributed by atoms with van der Waals surface area (Å²) in [7, 11) is 0. The van der Waals surface area contributed by atoms with Crippen molar-refractivity contribution in [2.45, 2.75) is 66.1 Å². The van der Waals surface area contributed by atoms with Crippen molar-refractivity contribution >= 4 is 30.0 Å². The second-order valence-electron chi connectivity index (χ2n) is 12.3. The van der Waals surface area contributed by atoms with Gasteiger partial charge in [-0.15, -0.1) is 0 Å². The Balaban J connectivity index is 0. The zero-order chi connectivity index (χ0) is 42.9. The number of aliphatic carboxylic acids is 2. The number of amides is 1. The molecule has 1 amide bonds. The lowest BCUT2D eigenvalue weighted by Gasteiger charge is -2.26. The van der Waals surface area contributed by atoms with E-state index in [2.05, 4.69) is 50.6 Å². The molecule has 0 aliphatic carbocycles. The molecule has 2 unspecified atom stereocenters. The van der Waals surface area contributed by atoms with E-state index in [1.807, 2.05) is 48.5 Å². The zero-order valence-electron chi connectivity index (χ0n) is 32.6. The van der Waals surface area contributed by atoms with Gasteiger partial charge in [-0.1, -0.05) is 64.4 Å². The maximum Gasteiger partial charge on any atom is 0.404 e. The van der Waals surface area contributed by atoms with E-state index in [4.69, 9.17) is 29.2 Å². The molecular weight excluding hydrogens is 718 g/mol. The highest BCUT2D eigenvalue weighted by molar-refractivity contribution is 5.87. The van der Waals surface area contributed by atoms with E-state index in [0.717, 1.165) is 11.1 Å². The first-order chi connectivity index (χ1) is 25.5. The van der Waals surface area contributed by atoms with Crippen LogP contribution < -0.4 is 15.2 Å². The molecule has 0 saturated heterocycles. The normalized spacial score (nSPS) is 11.0. The van der Waals surface area contributed by atoms with Crippen LogP contribution in [0.1, 0.15) is 59.6 Å². The summed E-state index contributed by atoms with van der Waals surface area (Å²) in [6, 6.07) is 15.1. The lowest BCUT2D eigenvalue weighted by Crippen LogP contribution is -2.25. The number of benzene rings is 2. The Bertz CT molecular complexity index is 1460. The van der Waals surface area contributed by atoms with Crippen molar-refractivity contribution in [2.75, 3.05) is 33.0 Å². The maximum atomic E-state index is 11.4. The second-order valence-corrected chi connectivity index (χ2v) is 12.3. The molecular formula is C40H55NO14. The highest BCUT2D eigenvalue weighted by Gasteiger charge is 2.23. The Kier molecular flexibility index (Phi) is 24.9. The lowest BCUT2D eigenvalue weighted by atomic mass is 9.78. The highest BCUT2D eigenvalue weighted by atomic mass is 16.6. The van der Waals surface area contributed by atoms with E-state index in [1.54, 1.807) is 6.92 Å². The number of hydrogen-bond acceptors (Lipinski definition) is 12. The number of carbonyl (C=O) groups is 5. The van der Waals surface area contributed by atoms with Gasteiger partial charge in [-0.3, -0.25) is 0 Å². The molecule has 0 bridgehead atoms. The van der Waals surface area contributed by atoms with E-state index in [-0.39, 0.29) is 54.1 Å². The molecule has 15 nitrogen and oxygen atoms in total. The highest BCUT2D eigenvalue weighted by Crippen LogP contribution is 2.33. The molecule has 2 atom stereocenters. The van der Waals surface area contributed by atoms with E-state index in [9.17, 15) is 34.2 Å². The van der Waals surface area contributed by atoms with E-state index >= 15 is 0 Å². The Morgan fingerprint density at radius 3 is 1.09 bits per heavy atom. The average Bonchev–Trinajstić information content (AvgIpc) is 3.11. The summed E-state index contributed by atoms with van der Waals surface area (Å²) in [6.45, 7) is 25.1. The lowest BCUT2D eigenvalue weighted by molar-refractivity contribution is -0.143. The van der Waals surface area contributed by atoms with Gasteiger partial charge in [-0.25, -0.2) is 24.0 Å². The summed E-state index contributed by atoms with van der Waals surface area (Å²) >= 11 is 0. The van der Waals surface area contributed by atoms with Gasteiger partial charge in [-0.2, -0.15) is 0 Å². The molecule has 2 aromatic carbocycles. The van der Waals surface area contributed by atoms with Crippen LogP contribution in [0, 0.1) is 0 Å². The minimum atomic E-state index is -0.951. The van der Waals surface area contributed by atoms with Crippen molar-refractivity contribution in [2.24, 2.45) is 5.73 Å². The topological polar surface area (TPSA) is 238 Å². The smallest absolute Gasteiger partial charge is 0.404 e. The van der Waals surface area contributed by atoms with Crippen molar-refractivity contribution in [3.8, 4) is 11.5 Å². The summed E-state index contributed by atoms with van der Waals surface area (Å²) in [5, 5.41) is 35.7. The number of nitrogens with two attached hydrogens (primary N) is 1. The summed E-state index contributed by atoms with van der Waals surface area (Å²) < 4.78 is 25.2. The number of carboxylic acid groups (broad SMARTS) is 2. The van der Waals surface area contributed by atoms with Crippen LogP contribution in [0.25, 0.3) is 0 Å². The van der Waals surface area contributed by atoms with Crippen molar-refractivity contribution in [1.82, 2.24) is 0 Å². The largest absolute Gasteiger partial charge is 0.491 e. The van der Waals surface area contributed by atoms with Gasteiger partial charge in [0, 0.05) is 27.7 Å². The Hall–Kier alpha value is -5.93. The quantitative estimate of drug-likeness (QED) is 0.0797. The number of carboxylic acids is 2. The number of aliphatic hydroxyl groups is 2. The van der Waals surface area contributed by atoms with Gasteiger partial charge in [0.05, 0.1) is 6.61 Å². The molecule has 15 heteroatoms. The molecule has 0 aliphatic heterocycles. The van der Waals surface area contributed by atoms with Gasteiger partial charge in [0.15, 0.2) is 0 Å². The number of carbonyl (C=O) groups excluding carboxylic acids is 3. The number of ether oxygens (including phenoxy) is 5. The molecule has 0 heterocycles. The third kappa shape index (κ3) is 24.1. The molecule has 0 spiro atoms. The van der Waals surface area contributed by atoms with Gasteiger partial charge in [-0.05, 0) is 70.0 Å². The van der Waals surface area contributed by atoms with Gasteiger partial charge in [0.25, 0.3) is 0 Å². The minimum absolute atomic E-state index is 0.0152. The summed E-state index contributed by atoms with van der Waals surface area (Å²) in [5.41, 5.74) is 7.23. The van der Waals surface area contributed by atoms with Gasteiger partial charge in [0.1, 0.15) is 50.1 Å². The molecule has 304 valence electrons. The van der Waals surface area contributed by atoms with Crippen LogP contribution in [-0.2, 0) is 38.8 Å². The van der Waals surface area contributed by atoms with Crippen molar-refractivity contribution in [1.29, 1.82) is 0 Å². The second kappa shape index (κ2) is 26.8. The maximum absolute atomic E-state index is 11.4. The first kappa shape index (κ1) is 51.2. The van der Waals surface area contributed by atoms with E-state index < -0.39 is 42.2 Å². The van der Waals surface area contributed by atoms with Crippen molar-refractivity contribution in [3.63, 3.8) is 0 Å². The number of primary amides is 1. The average molecular weight is 774 g/mol. The zero-order valence-corrected chi connectivity index (χ0v) is 32.6. The molecule has 0 fully saturated rings. The standard InChI is InChI=1S/C29H36O8.2C4H6O2.C3H7NO2/c1-19(2)27(32)36-17-23(30)15-34-25-11-7-21(8-12-25)29(5,6)22-9-13-26(14-10-22)35-16-24(31)18-37-28(33)20(3)4;2*1-3(2)4(5)6;1-2-6-3(4)5/h7-14,23-24,30-31H,1,3,15-18H2,2,4-6H3;2*1H2,2H3,(H,5,6);2H2,1H3,(H2,4,5). The van der Waals surface area contributed by atoms with Gasteiger partial charge in [0.2, 0.25) is 0 Å². The molecule has 6 N–H and O–H groups in total. The van der Waals surface area contributed by atoms with Crippen LogP contribution in [0.2, 0.25) is 0 Å². The summed E-state index contributed by atoms with van der Waals surface area (Å²) in [5.74, 6) is -1.80. The van der Waals surface area contributed by atoms with Crippen molar-refractivity contribution < 1.29 is 68.1 Å². The molecule has 0 aliphatic rings. The molecule has 0 aromatic heterocycles. The fraction of sp³-hybridized carbons (Fsp3) is 0.375. The Morgan fingerprint density at radius 1 is 0.600 bits per heavy atom. The summed E-state index contributed by atoms with van der Waals surface area (Å²) in [6.07, 6.45) is -2.61. The van der Waals surface area contributed by atoms with Crippen molar-refractivity contribution in [3.05, 3.63) is 108 Å². The van der Waals surface area contributed by atoms with E-state index in [1.165, 1.54) is 27.7 Å². The Morgan fingerprint density at radius 2 is 0.891 bits per heavy atom. The molecule has 0 radical (unpaired) electrons. The van der Waals surface area contributed by atoms with Crippen LogP contribution in [0.15, 0.2) is 97.1 Å². The first-order valence-corrected chi connectivity index (χ1v) is 16.6.